The molecule has 1 aromatic heterocycles. The molecule has 0 fully saturated rings. The van der Waals surface area contributed by atoms with Gasteiger partial charge in [-0.2, -0.15) is 0 Å². The van der Waals surface area contributed by atoms with E-state index in [4.69, 9.17) is 4.74 Å². The van der Waals surface area contributed by atoms with Gasteiger partial charge >= 0.3 is 5.97 Å². The Labute approximate surface area is 146 Å². The normalized spacial score (nSPS) is 11.2. The van der Waals surface area contributed by atoms with Crippen molar-refractivity contribution in [3.8, 4) is 5.75 Å². The maximum Gasteiger partial charge on any atom is 0.337 e. The molecule has 5 nitrogen and oxygen atoms in total. The maximum atomic E-state index is 11.2. The second-order valence-electron chi connectivity index (χ2n) is 5.73. The number of rotatable bonds is 7. The van der Waals surface area contributed by atoms with E-state index >= 15 is 0 Å². The zero-order valence-electron chi connectivity index (χ0n) is 14.0. The minimum Gasteiger partial charge on any atom is -0.494 e. The predicted molar refractivity (Wildman–Crippen MR) is 98.8 cm³/mol. The molecule has 25 heavy (non-hydrogen) atoms. The van der Waals surface area contributed by atoms with Crippen LogP contribution in [0.25, 0.3) is 23.2 Å². The first kappa shape index (κ1) is 16.8. The van der Waals surface area contributed by atoms with E-state index < -0.39 is 5.97 Å². The zero-order valence-corrected chi connectivity index (χ0v) is 14.0. The number of carbonyl (C=O) groups is 1. The molecule has 0 bridgehead atoms. The quantitative estimate of drug-likeness (QED) is 0.618. The zero-order chi connectivity index (χ0) is 17.6. The topological polar surface area (TPSA) is 75.2 Å². The Morgan fingerprint density at radius 1 is 1.20 bits per heavy atom. The van der Waals surface area contributed by atoms with Gasteiger partial charge < -0.3 is 14.8 Å². The van der Waals surface area contributed by atoms with Crippen LogP contribution in [-0.4, -0.2) is 27.7 Å². The van der Waals surface area contributed by atoms with Crippen molar-refractivity contribution in [1.82, 2.24) is 9.97 Å². The molecule has 0 aliphatic carbocycles. The number of carboxylic acids is 1. The standard InChI is InChI=1S/C20H20N2O3/c1-2-3-13-25-15-10-7-14(8-11-15)9-12-18-21-17-6-4-5-16(20(23)24)19(17)22-18/h4-12H,2-3,13H2,1H3,(H,21,22)(H,23,24)/b12-9+. The number of ether oxygens (including phenoxy) is 1. The molecule has 0 saturated carbocycles. The number of hydrogen-bond acceptors (Lipinski definition) is 3. The van der Waals surface area contributed by atoms with Crippen molar-refractivity contribution in [2.45, 2.75) is 19.8 Å². The smallest absolute Gasteiger partial charge is 0.337 e. The molecule has 3 aromatic rings. The number of nitrogens with zero attached hydrogens (tertiary/aromatic N) is 1. The Morgan fingerprint density at radius 3 is 2.72 bits per heavy atom. The monoisotopic (exact) mass is 336 g/mol. The highest BCUT2D eigenvalue weighted by atomic mass is 16.5. The average Bonchev–Trinajstić information content (AvgIpc) is 3.04. The summed E-state index contributed by atoms with van der Waals surface area (Å²) in [6.07, 6.45) is 5.92. The van der Waals surface area contributed by atoms with Crippen LogP contribution in [0.5, 0.6) is 5.75 Å². The van der Waals surface area contributed by atoms with E-state index in [1.54, 1.807) is 12.1 Å². The van der Waals surface area contributed by atoms with E-state index in [0.29, 0.717) is 16.9 Å². The minimum atomic E-state index is -0.980. The minimum absolute atomic E-state index is 0.196. The Balaban J connectivity index is 1.74. The number of fused-ring (bicyclic) bond motifs is 1. The van der Waals surface area contributed by atoms with Crippen LogP contribution in [0.2, 0.25) is 0 Å². The highest BCUT2D eigenvalue weighted by Crippen LogP contribution is 2.18. The number of H-pyrrole nitrogens is 1. The fraction of sp³-hybridized carbons (Fsp3) is 0.200. The Hall–Kier alpha value is -3.08. The van der Waals surface area contributed by atoms with E-state index in [-0.39, 0.29) is 5.56 Å². The molecule has 0 unspecified atom stereocenters. The summed E-state index contributed by atoms with van der Waals surface area (Å²) in [6.45, 7) is 2.87. The molecule has 0 amide bonds. The van der Waals surface area contributed by atoms with Crippen LogP contribution in [0.1, 0.15) is 41.5 Å². The fourth-order valence-electron chi connectivity index (χ4n) is 2.49. The predicted octanol–water partition coefficient (Wildman–Crippen LogP) is 4.61. The van der Waals surface area contributed by atoms with Crippen molar-refractivity contribution in [2.75, 3.05) is 6.61 Å². The third kappa shape index (κ3) is 4.07. The van der Waals surface area contributed by atoms with Crippen LogP contribution in [0.4, 0.5) is 0 Å². The first-order valence-corrected chi connectivity index (χ1v) is 8.30. The Bertz CT molecular complexity index is 895. The third-order valence-corrected chi connectivity index (χ3v) is 3.84. The van der Waals surface area contributed by atoms with Crippen molar-refractivity contribution < 1.29 is 14.6 Å². The lowest BCUT2D eigenvalue weighted by atomic mass is 10.2. The lowest BCUT2D eigenvalue weighted by molar-refractivity contribution is 0.0699. The second kappa shape index (κ2) is 7.66. The summed E-state index contributed by atoms with van der Waals surface area (Å²) in [6, 6.07) is 12.9. The molecular formula is C20H20N2O3. The van der Waals surface area contributed by atoms with Gasteiger partial charge in [0.15, 0.2) is 0 Å². The van der Waals surface area contributed by atoms with Gasteiger partial charge in [-0.25, -0.2) is 9.78 Å². The van der Waals surface area contributed by atoms with Crippen molar-refractivity contribution in [3.05, 3.63) is 59.4 Å². The molecule has 3 rings (SSSR count). The molecule has 2 N–H and O–H groups in total. The third-order valence-electron chi connectivity index (χ3n) is 3.84. The number of hydrogen-bond donors (Lipinski definition) is 2. The highest BCUT2D eigenvalue weighted by molar-refractivity contribution is 6.01. The number of unbranched alkanes of at least 4 members (excludes halogenated alkanes) is 1. The van der Waals surface area contributed by atoms with E-state index in [2.05, 4.69) is 16.9 Å². The summed E-state index contributed by atoms with van der Waals surface area (Å²) in [5.74, 6) is 0.499. The average molecular weight is 336 g/mol. The van der Waals surface area contributed by atoms with Crippen molar-refractivity contribution >= 4 is 29.2 Å². The lowest BCUT2D eigenvalue weighted by Crippen LogP contribution is -1.96. The second-order valence-corrected chi connectivity index (χ2v) is 5.73. The molecule has 0 atom stereocenters. The molecule has 1 heterocycles. The van der Waals surface area contributed by atoms with Crippen LogP contribution in [0.15, 0.2) is 42.5 Å². The molecule has 5 heteroatoms. The Kier molecular flexibility index (Phi) is 5.14. The number of aromatic carboxylic acids is 1. The van der Waals surface area contributed by atoms with Gasteiger partial charge in [0.2, 0.25) is 0 Å². The molecule has 128 valence electrons. The number of nitrogens with one attached hydrogen (secondary N) is 1. The first-order chi connectivity index (χ1) is 12.2. The van der Waals surface area contributed by atoms with Gasteiger partial charge in [0.1, 0.15) is 17.1 Å². The van der Waals surface area contributed by atoms with E-state index in [1.807, 2.05) is 42.5 Å². The molecule has 0 aliphatic heterocycles. The summed E-state index contributed by atoms with van der Waals surface area (Å²) >= 11 is 0. The van der Waals surface area contributed by atoms with Gasteiger partial charge in [-0.3, -0.25) is 0 Å². The summed E-state index contributed by atoms with van der Waals surface area (Å²) in [5, 5.41) is 9.22. The largest absolute Gasteiger partial charge is 0.494 e. The van der Waals surface area contributed by atoms with Crippen LogP contribution in [0, 0.1) is 0 Å². The number of imidazole rings is 1. The molecule has 0 spiro atoms. The molecule has 2 aromatic carbocycles. The van der Waals surface area contributed by atoms with Gasteiger partial charge in [0.05, 0.1) is 17.7 Å². The van der Waals surface area contributed by atoms with Gasteiger partial charge in [0, 0.05) is 0 Å². The Morgan fingerprint density at radius 2 is 2.00 bits per heavy atom. The summed E-state index contributed by atoms with van der Waals surface area (Å²) < 4.78 is 5.64. The molecule has 0 saturated heterocycles. The van der Waals surface area contributed by atoms with Gasteiger partial charge in [-0.1, -0.05) is 37.6 Å². The van der Waals surface area contributed by atoms with Gasteiger partial charge in [-0.05, 0) is 42.3 Å². The summed E-state index contributed by atoms with van der Waals surface area (Å²) in [5.41, 5.74) is 2.39. The molecular weight excluding hydrogens is 316 g/mol. The number of aromatic amines is 1. The first-order valence-electron chi connectivity index (χ1n) is 8.30. The van der Waals surface area contributed by atoms with E-state index in [9.17, 15) is 9.90 Å². The SMILES string of the molecule is CCCCOc1ccc(/C=C/c2nc3c(C(=O)O)cccc3[nH]2)cc1. The number of para-hydroxylation sites is 1. The van der Waals surface area contributed by atoms with Crippen molar-refractivity contribution in [1.29, 1.82) is 0 Å². The summed E-state index contributed by atoms with van der Waals surface area (Å²) in [4.78, 5) is 18.7. The maximum absolute atomic E-state index is 11.2. The highest BCUT2D eigenvalue weighted by Gasteiger charge is 2.11. The van der Waals surface area contributed by atoms with E-state index in [0.717, 1.165) is 30.8 Å². The van der Waals surface area contributed by atoms with Gasteiger partial charge in [-0.15, -0.1) is 0 Å². The molecule has 0 aliphatic rings. The van der Waals surface area contributed by atoms with E-state index in [1.165, 1.54) is 0 Å². The number of benzene rings is 2. The fourth-order valence-corrected chi connectivity index (χ4v) is 2.49. The van der Waals surface area contributed by atoms with Crippen LogP contribution < -0.4 is 4.74 Å². The van der Waals surface area contributed by atoms with Crippen molar-refractivity contribution in [2.24, 2.45) is 0 Å². The number of aromatic nitrogens is 2. The summed E-state index contributed by atoms with van der Waals surface area (Å²) in [7, 11) is 0. The van der Waals surface area contributed by atoms with Gasteiger partial charge in [0.25, 0.3) is 0 Å². The van der Waals surface area contributed by atoms with Crippen LogP contribution in [0.3, 0.4) is 0 Å². The van der Waals surface area contributed by atoms with Crippen LogP contribution >= 0.6 is 0 Å². The molecule has 0 radical (unpaired) electrons. The van der Waals surface area contributed by atoms with Crippen molar-refractivity contribution in [3.63, 3.8) is 0 Å². The van der Waals surface area contributed by atoms with Crippen LogP contribution in [-0.2, 0) is 0 Å². The number of carboxylic acid groups (broad SMARTS) is 1. The lowest BCUT2D eigenvalue weighted by Gasteiger charge is -2.04.